The smallest absolute Gasteiger partial charge is 0.204 e. The average molecular weight is 356 g/mol. The van der Waals surface area contributed by atoms with E-state index < -0.39 is 0 Å². The first-order valence-electron chi connectivity index (χ1n) is 9.16. The van der Waals surface area contributed by atoms with Gasteiger partial charge in [-0.15, -0.1) is 0 Å². The van der Waals surface area contributed by atoms with Gasteiger partial charge in [-0.3, -0.25) is 4.79 Å². The predicted molar refractivity (Wildman–Crippen MR) is 104 cm³/mol. The zero-order valence-electron chi connectivity index (χ0n) is 16.1. The topological polar surface area (TPSA) is 44.8 Å². The van der Waals surface area contributed by atoms with Crippen LogP contribution in [0, 0.1) is 0 Å². The van der Waals surface area contributed by atoms with E-state index in [-0.39, 0.29) is 0 Å². The molecule has 140 valence electrons. The Balaban J connectivity index is 2.29. The molecule has 0 fully saturated rings. The van der Waals surface area contributed by atoms with Crippen molar-refractivity contribution in [3.63, 3.8) is 0 Å². The Labute approximate surface area is 156 Å². The lowest BCUT2D eigenvalue weighted by atomic mass is 10.0. The van der Waals surface area contributed by atoms with Crippen molar-refractivity contribution in [2.75, 3.05) is 13.7 Å². The van der Waals surface area contributed by atoms with Crippen molar-refractivity contribution in [1.82, 2.24) is 0 Å². The number of carbonyl (C=O) groups is 1. The van der Waals surface area contributed by atoms with Gasteiger partial charge in [-0.25, -0.2) is 0 Å². The average Bonchev–Trinajstić information content (AvgIpc) is 2.66. The van der Waals surface area contributed by atoms with Crippen molar-refractivity contribution >= 4 is 6.29 Å². The normalized spacial score (nSPS) is 10.7. The second-order valence-electron chi connectivity index (χ2n) is 6.55. The minimum atomic E-state index is 0.458. The second-order valence-corrected chi connectivity index (χ2v) is 6.55. The largest absolute Gasteiger partial charge is 0.493 e. The molecule has 0 atom stereocenters. The van der Waals surface area contributed by atoms with Gasteiger partial charge >= 0.3 is 0 Å². The summed E-state index contributed by atoms with van der Waals surface area (Å²) in [5.74, 6) is 2.67. The van der Waals surface area contributed by atoms with Gasteiger partial charge in [0.25, 0.3) is 0 Å². The molecule has 0 saturated heterocycles. The molecule has 0 amide bonds. The Morgan fingerprint density at radius 1 is 1.04 bits per heavy atom. The lowest BCUT2D eigenvalue weighted by molar-refractivity contribution is 0.112. The summed E-state index contributed by atoms with van der Waals surface area (Å²) < 4.78 is 17.4. The first-order valence-corrected chi connectivity index (χ1v) is 9.16. The Morgan fingerprint density at radius 3 is 2.31 bits per heavy atom. The minimum Gasteiger partial charge on any atom is -0.493 e. The predicted octanol–water partition coefficient (Wildman–Crippen LogP) is 5.99. The van der Waals surface area contributed by atoms with E-state index in [1.165, 1.54) is 5.56 Å². The fourth-order valence-electron chi connectivity index (χ4n) is 2.61. The summed E-state index contributed by atoms with van der Waals surface area (Å²) in [5, 5.41) is 0. The summed E-state index contributed by atoms with van der Waals surface area (Å²) in [6.07, 6.45) is 3.95. The third-order valence-electron chi connectivity index (χ3n) is 4.17. The number of aldehydes is 1. The van der Waals surface area contributed by atoms with E-state index in [9.17, 15) is 4.79 Å². The summed E-state index contributed by atoms with van der Waals surface area (Å²) in [4.78, 5) is 11.3. The van der Waals surface area contributed by atoms with E-state index in [0.717, 1.165) is 25.5 Å². The first kappa shape index (κ1) is 19.8. The van der Waals surface area contributed by atoms with Crippen LogP contribution in [0.3, 0.4) is 0 Å². The molecule has 0 heterocycles. The molecule has 2 aromatic carbocycles. The van der Waals surface area contributed by atoms with Crippen LogP contribution in [0.15, 0.2) is 36.4 Å². The number of ether oxygens (including phenoxy) is 3. The molecule has 26 heavy (non-hydrogen) atoms. The summed E-state index contributed by atoms with van der Waals surface area (Å²) in [6.45, 7) is 7.02. The van der Waals surface area contributed by atoms with E-state index in [1.807, 2.05) is 24.3 Å². The molecule has 0 N–H and O–H groups in total. The van der Waals surface area contributed by atoms with E-state index in [4.69, 9.17) is 14.2 Å². The van der Waals surface area contributed by atoms with Crippen LogP contribution in [-0.4, -0.2) is 20.0 Å². The molecule has 2 aromatic rings. The maximum absolute atomic E-state index is 11.3. The molecule has 0 unspecified atom stereocenters. The highest BCUT2D eigenvalue weighted by Crippen LogP contribution is 2.41. The van der Waals surface area contributed by atoms with Crippen molar-refractivity contribution in [3.8, 4) is 23.0 Å². The summed E-state index contributed by atoms with van der Waals surface area (Å²) in [6, 6.07) is 11.3. The Hall–Kier alpha value is -2.49. The van der Waals surface area contributed by atoms with Gasteiger partial charge in [-0.1, -0.05) is 45.7 Å². The molecule has 0 aliphatic heterocycles. The monoisotopic (exact) mass is 356 g/mol. The highest BCUT2D eigenvalue weighted by molar-refractivity contribution is 5.78. The van der Waals surface area contributed by atoms with Gasteiger partial charge in [0.2, 0.25) is 5.75 Å². The lowest BCUT2D eigenvalue weighted by Gasteiger charge is -2.16. The van der Waals surface area contributed by atoms with Crippen LogP contribution in [0.5, 0.6) is 23.0 Å². The van der Waals surface area contributed by atoms with Gasteiger partial charge in [0.15, 0.2) is 11.5 Å². The standard InChI is InChI=1S/C22H28O4/c1-5-6-7-12-25-22-20(24-4)13-17(15-23)14-21(22)26-19-10-8-18(9-11-19)16(2)3/h8-11,13-16H,5-7,12H2,1-4H3. The molecule has 0 aliphatic rings. The second kappa shape index (κ2) is 9.85. The maximum atomic E-state index is 11.3. The summed E-state index contributed by atoms with van der Waals surface area (Å²) in [7, 11) is 1.56. The number of carbonyl (C=O) groups excluding carboxylic acids is 1. The Morgan fingerprint density at radius 2 is 1.73 bits per heavy atom. The molecular formula is C22H28O4. The molecule has 0 bridgehead atoms. The van der Waals surface area contributed by atoms with Gasteiger partial charge in [0, 0.05) is 5.56 Å². The molecule has 0 saturated carbocycles. The molecular weight excluding hydrogens is 328 g/mol. The van der Waals surface area contributed by atoms with E-state index in [2.05, 4.69) is 20.8 Å². The SMILES string of the molecule is CCCCCOc1c(OC)cc(C=O)cc1Oc1ccc(C(C)C)cc1. The van der Waals surface area contributed by atoms with Crippen LogP contribution in [0.25, 0.3) is 0 Å². The van der Waals surface area contributed by atoms with Crippen LogP contribution in [0.4, 0.5) is 0 Å². The summed E-state index contributed by atoms with van der Waals surface area (Å²) >= 11 is 0. The molecule has 0 aliphatic carbocycles. The highest BCUT2D eigenvalue weighted by Gasteiger charge is 2.16. The molecule has 0 radical (unpaired) electrons. The Kier molecular flexibility index (Phi) is 7.52. The molecule has 4 heteroatoms. The van der Waals surface area contributed by atoms with Crippen molar-refractivity contribution < 1.29 is 19.0 Å². The number of unbranched alkanes of at least 4 members (excludes halogenated alkanes) is 2. The van der Waals surface area contributed by atoms with E-state index in [0.29, 0.717) is 41.1 Å². The van der Waals surface area contributed by atoms with E-state index >= 15 is 0 Å². The van der Waals surface area contributed by atoms with Gasteiger partial charge in [0.1, 0.15) is 12.0 Å². The van der Waals surface area contributed by atoms with Crippen molar-refractivity contribution in [2.24, 2.45) is 0 Å². The third kappa shape index (κ3) is 5.25. The van der Waals surface area contributed by atoms with Crippen LogP contribution in [-0.2, 0) is 0 Å². The number of hydrogen-bond donors (Lipinski definition) is 0. The van der Waals surface area contributed by atoms with Crippen LogP contribution >= 0.6 is 0 Å². The van der Waals surface area contributed by atoms with Crippen LogP contribution < -0.4 is 14.2 Å². The van der Waals surface area contributed by atoms with Gasteiger partial charge in [0.05, 0.1) is 13.7 Å². The first-order chi connectivity index (χ1) is 12.6. The molecule has 2 rings (SSSR count). The third-order valence-corrected chi connectivity index (χ3v) is 4.17. The Bertz CT molecular complexity index is 705. The van der Waals surface area contributed by atoms with Gasteiger partial charge in [-0.05, 0) is 42.2 Å². The quantitative estimate of drug-likeness (QED) is 0.387. The number of hydrogen-bond acceptors (Lipinski definition) is 4. The minimum absolute atomic E-state index is 0.458. The van der Waals surface area contributed by atoms with Crippen molar-refractivity contribution in [2.45, 2.75) is 46.0 Å². The van der Waals surface area contributed by atoms with Crippen molar-refractivity contribution in [3.05, 3.63) is 47.5 Å². The summed E-state index contributed by atoms with van der Waals surface area (Å²) in [5.41, 5.74) is 1.73. The highest BCUT2D eigenvalue weighted by atomic mass is 16.5. The molecule has 0 aromatic heterocycles. The fourth-order valence-corrected chi connectivity index (χ4v) is 2.61. The fraction of sp³-hybridized carbons (Fsp3) is 0.409. The van der Waals surface area contributed by atoms with Crippen LogP contribution in [0.1, 0.15) is 61.9 Å². The van der Waals surface area contributed by atoms with Crippen molar-refractivity contribution in [1.29, 1.82) is 0 Å². The lowest BCUT2D eigenvalue weighted by Crippen LogP contribution is -2.02. The van der Waals surface area contributed by atoms with Gasteiger partial charge < -0.3 is 14.2 Å². The number of methoxy groups -OCH3 is 1. The number of rotatable bonds is 10. The zero-order valence-corrected chi connectivity index (χ0v) is 16.1. The van der Waals surface area contributed by atoms with Gasteiger partial charge in [-0.2, -0.15) is 0 Å². The zero-order chi connectivity index (χ0) is 18.9. The number of benzene rings is 2. The van der Waals surface area contributed by atoms with E-state index in [1.54, 1.807) is 19.2 Å². The molecule has 4 nitrogen and oxygen atoms in total. The van der Waals surface area contributed by atoms with Crippen LogP contribution in [0.2, 0.25) is 0 Å². The maximum Gasteiger partial charge on any atom is 0.204 e. The molecule has 0 spiro atoms.